The van der Waals surface area contributed by atoms with Crippen LogP contribution in [0.3, 0.4) is 0 Å². The summed E-state index contributed by atoms with van der Waals surface area (Å²) in [5.74, 6) is 0. The highest BCUT2D eigenvalue weighted by Crippen LogP contribution is 2.39. The number of para-hydroxylation sites is 1. The molecule has 0 unspecified atom stereocenters. The minimum Gasteiger partial charge on any atom is -0.309 e. The Kier molecular flexibility index (Phi) is 4.84. The summed E-state index contributed by atoms with van der Waals surface area (Å²) in [7, 11) is 0. The van der Waals surface area contributed by atoms with E-state index in [1.54, 1.807) is 12.4 Å². The van der Waals surface area contributed by atoms with Crippen molar-refractivity contribution < 1.29 is 0 Å². The lowest BCUT2D eigenvalue weighted by atomic mass is 9.93. The van der Waals surface area contributed by atoms with E-state index < -0.39 is 0 Å². The first-order valence-corrected chi connectivity index (χ1v) is 11.3. The summed E-state index contributed by atoms with van der Waals surface area (Å²) in [4.78, 5) is 4.14. The molecule has 0 spiro atoms. The third-order valence-corrected chi connectivity index (χ3v) is 6.38. The summed E-state index contributed by atoms with van der Waals surface area (Å²) in [5.41, 5.74) is 8.02. The van der Waals surface area contributed by atoms with Gasteiger partial charge in [-0.05, 0) is 59.7 Å². The molecule has 0 bridgehead atoms. The van der Waals surface area contributed by atoms with Crippen LogP contribution in [0.2, 0.25) is 0 Å². The van der Waals surface area contributed by atoms with Crippen molar-refractivity contribution in [3.05, 3.63) is 121 Å². The maximum atomic E-state index is 10.1. The number of benzene rings is 4. The second-order valence-corrected chi connectivity index (χ2v) is 8.32. The summed E-state index contributed by atoms with van der Waals surface area (Å²) in [6.45, 7) is 0. The van der Waals surface area contributed by atoms with E-state index in [1.807, 2.05) is 66.7 Å². The van der Waals surface area contributed by atoms with Gasteiger partial charge in [0.1, 0.15) is 0 Å². The highest BCUT2D eigenvalue weighted by molar-refractivity contribution is 6.10. The van der Waals surface area contributed by atoms with Gasteiger partial charge in [0.25, 0.3) is 0 Å². The predicted octanol–water partition coefficient (Wildman–Crippen LogP) is 7.26. The molecule has 4 aromatic carbocycles. The zero-order valence-corrected chi connectivity index (χ0v) is 18.7. The quantitative estimate of drug-likeness (QED) is 0.287. The van der Waals surface area contributed by atoms with Gasteiger partial charge in [-0.15, -0.1) is 0 Å². The van der Waals surface area contributed by atoms with Gasteiger partial charge < -0.3 is 4.57 Å². The maximum Gasteiger partial charge on any atom is 0.0998 e. The molecule has 2 heterocycles. The fourth-order valence-corrected chi connectivity index (χ4v) is 4.79. The molecule has 0 atom stereocenters. The van der Waals surface area contributed by atoms with E-state index in [-0.39, 0.29) is 0 Å². The molecule has 6 rings (SSSR count). The van der Waals surface area contributed by atoms with Crippen LogP contribution < -0.4 is 0 Å². The van der Waals surface area contributed by atoms with Crippen LogP contribution >= 0.6 is 0 Å². The highest BCUT2D eigenvalue weighted by Gasteiger charge is 2.19. The van der Waals surface area contributed by atoms with Crippen LogP contribution in [0.4, 0.5) is 0 Å². The van der Waals surface area contributed by atoms with Gasteiger partial charge in [-0.2, -0.15) is 10.5 Å². The second-order valence-electron chi connectivity index (χ2n) is 8.32. The molecule has 0 radical (unpaired) electrons. The van der Waals surface area contributed by atoms with Crippen LogP contribution in [0.15, 0.2) is 109 Å². The van der Waals surface area contributed by atoms with E-state index in [1.165, 1.54) is 0 Å². The van der Waals surface area contributed by atoms with E-state index in [9.17, 15) is 10.5 Å². The van der Waals surface area contributed by atoms with E-state index in [0.29, 0.717) is 11.1 Å². The zero-order chi connectivity index (χ0) is 23.8. The lowest BCUT2D eigenvalue weighted by Crippen LogP contribution is -2.00. The summed E-state index contributed by atoms with van der Waals surface area (Å²) < 4.78 is 2.20. The first-order valence-electron chi connectivity index (χ1n) is 11.3. The minimum atomic E-state index is 0.588. The smallest absolute Gasteiger partial charge is 0.0998 e. The van der Waals surface area contributed by atoms with Crippen LogP contribution in [-0.2, 0) is 0 Å². The maximum absolute atomic E-state index is 10.1. The van der Waals surface area contributed by atoms with E-state index in [2.05, 4.69) is 52.0 Å². The van der Waals surface area contributed by atoms with Crippen LogP contribution in [-0.4, -0.2) is 9.55 Å². The number of nitrogens with zero attached hydrogens (tertiary/aromatic N) is 4. The van der Waals surface area contributed by atoms with Gasteiger partial charge in [0.2, 0.25) is 0 Å². The summed E-state index contributed by atoms with van der Waals surface area (Å²) in [6.07, 6.45) is 3.48. The molecule has 4 nitrogen and oxygen atoms in total. The summed E-state index contributed by atoms with van der Waals surface area (Å²) >= 11 is 0. The Hall–Kier alpha value is -5.19. The normalized spacial score (nSPS) is 10.8. The van der Waals surface area contributed by atoms with Crippen molar-refractivity contribution in [3.63, 3.8) is 0 Å². The van der Waals surface area contributed by atoms with Crippen molar-refractivity contribution in [2.24, 2.45) is 0 Å². The van der Waals surface area contributed by atoms with Gasteiger partial charge in [0, 0.05) is 34.3 Å². The first kappa shape index (κ1) is 20.4. The van der Waals surface area contributed by atoms with E-state index in [0.717, 1.165) is 49.7 Å². The number of hydrogen-bond acceptors (Lipinski definition) is 3. The Balaban J connectivity index is 1.76. The first-order chi connectivity index (χ1) is 17.3. The average molecular weight is 447 g/mol. The molecule has 0 N–H and O–H groups in total. The Bertz CT molecular complexity index is 1800. The number of fused-ring (bicyclic) bond motifs is 3. The molecule has 0 amide bonds. The Labute approximate surface area is 202 Å². The number of aromatic nitrogens is 2. The number of hydrogen-bond donors (Lipinski definition) is 0. The van der Waals surface area contributed by atoms with Gasteiger partial charge in [0.15, 0.2) is 0 Å². The minimum absolute atomic E-state index is 0.588. The molecule has 4 heteroatoms. The monoisotopic (exact) mass is 446 g/mol. The molecule has 35 heavy (non-hydrogen) atoms. The molecular formula is C31H18N4. The standard InChI is InChI=1S/C31H18N4/c32-19-21-10-11-30-28(16-21)25-8-4-5-9-29(25)35(30)31-17-24(20-33)26(23-12-14-34-15-13-23)18-27(31)22-6-2-1-3-7-22/h1-18H. The third-order valence-electron chi connectivity index (χ3n) is 6.38. The lowest BCUT2D eigenvalue weighted by Gasteiger charge is -2.17. The van der Waals surface area contributed by atoms with Gasteiger partial charge in [-0.25, -0.2) is 0 Å². The molecule has 0 aliphatic rings. The van der Waals surface area contributed by atoms with Crippen LogP contribution in [0.1, 0.15) is 11.1 Å². The van der Waals surface area contributed by atoms with Crippen LogP contribution in [0.5, 0.6) is 0 Å². The molecule has 0 saturated heterocycles. The number of nitriles is 2. The number of pyridine rings is 1. The Morgan fingerprint density at radius 2 is 1.31 bits per heavy atom. The Morgan fingerprint density at radius 1 is 0.600 bits per heavy atom. The van der Waals surface area contributed by atoms with Crippen molar-refractivity contribution in [2.45, 2.75) is 0 Å². The molecule has 0 aliphatic heterocycles. The van der Waals surface area contributed by atoms with Crippen molar-refractivity contribution >= 4 is 21.8 Å². The highest BCUT2D eigenvalue weighted by atomic mass is 15.0. The average Bonchev–Trinajstić information content (AvgIpc) is 3.26. The Morgan fingerprint density at radius 3 is 2.09 bits per heavy atom. The molecule has 6 aromatic rings. The largest absolute Gasteiger partial charge is 0.309 e. The summed E-state index contributed by atoms with van der Waals surface area (Å²) in [6, 6.07) is 36.8. The molecular weight excluding hydrogens is 428 g/mol. The predicted molar refractivity (Wildman–Crippen MR) is 139 cm³/mol. The number of rotatable bonds is 3. The second kappa shape index (κ2) is 8.30. The fourth-order valence-electron chi connectivity index (χ4n) is 4.79. The van der Waals surface area contributed by atoms with E-state index >= 15 is 0 Å². The SMILES string of the molecule is N#Cc1ccc2c(c1)c1ccccc1n2-c1cc(C#N)c(-c2ccncc2)cc1-c1ccccc1. The van der Waals surface area contributed by atoms with Crippen molar-refractivity contribution in [1.29, 1.82) is 10.5 Å². The molecule has 0 fully saturated rings. The summed E-state index contributed by atoms with van der Waals surface area (Å²) in [5, 5.41) is 21.7. The van der Waals surface area contributed by atoms with Crippen molar-refractivity contribution in [3.8, 4) is 40.1 Å². The third kappa shape index (κ3) is 3.33. The molecule has 0 aliphatic carbocycles. The van der Waals surface area contributed by atoms with E-state index in [4.69, 9.17) is 0 Å². The van der Waals surface area contributed by atoms with Gasteiger partial charge in [-0.3, -0.25) is 4.98 Å². The molecule has 2 aromatic heterocycles. The lowest BCUT2D eigenvalue weighted by molar-refractivity contribution is 1.18. The van der Waals surface area contributed by atoms with Crippen LogP contribution in [0.25, 0.3) is 49.7 Å². The van der Waals surface area contributed by atoms with Gasteiger partial charge in [0.05, 0.1) is 40.0 Å². The van der Waals surface area contributed by atoms with Gasteiger partial charge in [-0.1, -0.05) is 48.5 Å². The zero-order valence-electron chi connectivity index (χ0n) is 18.7. The topological polar surface area (TPSA) is 65.4 Å². The van der Waals surface area contributed by atoms with Crippen molar-refractivity contribution in [1.82, 2.24) is 9.55 Å². The van der Waals surface area contributed by atoms with Crippen molar-refractivity contribution in [2.75, 3.05) is 0 Å². The molecule has 162 valence electrons. The van der Waals surface area contributed by atoms with Gasteiger partial charge >= 0.3 is 0 Å². The van der Waals surface area contributed by atoms with Crippen LogP contribution in [0, 0.1) is 22.7 Å². The fraction of sp³-hybridized carbons (Fsp3) is 0. The molecule has 0 saturated carbocycles.